The number of tetrazole rings is 1. The highest BCUT2D eigenvalue weighted by Gasteiger charge is 2.20. The van der Waals surface area contributed by atoms with Gasteiger partial charge in [-0.2, -0.15) is 0 Å². The van der Waals surface area contributed by atoms with Gasteiger partial charge in [0.1, 0.15) is 6.54 Å². The number of nitrogens with zero attached hydrogens (tertiary/aromatic N) is 4. The fourth-order valence-corrected chi connectivity index (χ4v) is 1.95. The third kappa shape index (κ3) is 2.53. The number of hydrogen-bond donors (Lipinski definition) is 1. The molecule has 2 aromatic rings. The lowest BCUT2D eigenvalue weighted by Crippen LogP contribution is -2.16. The minimum atomic E-state index is -0.952. The standard InChI is InChI=1S/C12H14N4O2/c1-2-10(9-6-4-3-5-7-9)12-13-14-15-16(12)8-11(17)18/h3-7,10H,2,8H2,1H3,(H,17,18). The molecular formula is C12H14N4O2. The Morgan fingerprint density at radius 2 is 2.11 bits per heavy atom. The first-order valence-corrected chi connectivity index (χ1v) is 5.75. The average molecular weight is 246 g/mol. The Morgan fingerprint density at radius 3 is 2.72 bits per heavy atom. The van der Waals surface area contributed by atoms with Crippen molar-refractivity contribution in [3.8, 4) is 0 Å². The molecule has 6 heteroatoms. The summed E-state index contributed by atoms with van der Waals surface area (Å²) in [6.07, 6.45) is 0.810. The molecule has 0 spiro atoms. The number of aromatic nitrogens is 4. The van der Waals surface area contributed by atoms with Crippen molar-refractivity contribution in [3.63, 3.8) is 0 Å². The zero-order valence-corrected chi connectivity index (χ0v) is 10.0. The smallest absolute Gasteiger partial charge is 0.325 e. The quantitative estimate of drug-likeness (QED) is 0.860. The van der Waals surface area contributed by atoms with E-state index in [4.69, 9.17) is 5.11 Å². The second kappa shape index (κ2) is 5.39. The van der Waals surface area contributed by atoms with Crippen LogP contribution >= 0.6 is 0 Å². The monoisotopic (exact) mass is 246 g/mol. The van der Waals surface area contributed by atoms with Gasteiger partial charge in [-0.05, 0) is 22.4 Å². The molecule has 1 aromatic carbocycles. The van der Waals surface area contributed by atoms with Gasteiger partial charge in [-0.15, -0.1) is 5.10 Å². The van der Waals surface area contributed by atoms with Gasteiger partial charge in [0.25, 0.3) is 0 Å². The maximum Gasteiger partial charge on any atom is 0.325 e. The maximum atomic E-state index is 10.7. The van der Waals surface area contributed by atoms with Crippen LogP contribution in [0.5, 0.6) is 0 Å². The van der Waals surface area contributed by atoms with Crippen LogP contribution in [-0.2, 0) is 11.3 Å². The molecule has 1 unspecified atom stereocenters. The van der Waals surface area contributed by atoms with Gasteiger partial charge < -0.3 is 5.11 Å². The summed E-state index contributed by atoms with van der Waals surface area (Å²) < 4.78 is 1.34. The second-order valence-corrected chi connectivity index (χ2v) is 3.96. The van der Waals surface area contributed by atoms with E-state index in [2.05, 4.69) is 15.5 Å². The third-order valence-corrected chi connectivity index (χ3v) is 2.77. The predicted octanol–water partition coefficient (Wildman–Crippen LogP) is 1.30. The van der Waals surface area contributed by atoms with Crippen molar-refractivity contribution in [1.29, 1.82) is 0 Å². The summed E-state index contributed by atoms with van der Waals surface area (Å²) >= 11 is 0. The highest BCUT2D eigenvalue weighted by atomic mass is 16.4. The van der Waals surface area contributed by atoms with E-state index in [-0.39, 0.29) is 12.5 Å². The lowest BCUT2D eigenvalue weighted by molar-refractivity contribution is -0.138. The molecule has 0 aliphatic carbocycles. The zero-order valence-electron chi connectivity index (χ0n) is 10.0. The van der Waals surface area contributed by atoms with Gasteiger partial charge >= 0.3 is 5.97 Å². The molecule has 0 saturated carbocycles. The highest BCUT2D eigenvalue weighted by Crippen LogP contribution is 2.25. The van der Waals surface area contributed by atoms with E-state index < -0.39 is 5.97 Å². The van der Waals surface area contributed by atoms with Crippen LogP contribution in [0.25, 0.3) is 0 Å². The molecule has 0 saturated heterocycles. The fraction of sp³-hybridized carbons (Fsp3) is 0.333. The van der Waals surface area contributed by atoms with Crippen LogP contribution < -0.4 is 0 Å². The van der Waals surface area contributed by atoms with Gasteiger partial charge in [0.2, 0.25) is 0 Å². The molecule has 1 aromatic heterocycles. The normalized spacial score (nSPS) is 12.3. The van der Waals surface area contributed by atoms with E-state index in [9.17, 15) is 4.79 Å². The second-order valence-electron chi connectivity index (χ2n) is 3.96. The van der Waals surface area contributed by atoms with Crippen LogP contribution in [0.15, 0.2) is 30.3 Å². The molecule has 2 rings (SSSR count). The maximum absolute atomic E-state index is 10.7. The van der Waals surface area contributed by atoms with Crippen LogP contribution in [-0.4, -0.2) is 31.3 Å². The van der Waals surface area contributed by atoms with E-state index in [0.717, 1.165) is 12.0 Å². The van der Waals surface area contributed by atoms with E-state index in [0.29, 0.717) is 5.82 Å². The molecule has 0 amide bonds. The molecule has 0 aliphatic heterocycles. The molecule has 0 radical (unpaired) electrons. The van der Waals surface area contributed by atoms with Crippen LogP contribution in [0.4, 0.5) is 0 Å². The Balaban J connectivity index is 2.34. The Bertz CT molecular complexity index is 524. The van der Waals surface area contributed by atoms with Crippen molar-refractivity contribution < 1.29 is 9.90 Å². The Hall–Kier alpha value is -2.24. The van der Waals surface area contributed by atoms with Gasteiger partial charge in [-0.3, -0.25) is 4.79 Å². The topological polar surface area (TPSA) is 80.9 Å². The Kier molecular flexibility index (Phi) is 3.66. The van der Waals surface area contributed by atoms with Gasteiger partial charge in [0.05, 0.1) is 0 Å². The molecule has 0 aliphatic rings. The lowest BCUT2D eigenvalue weighted by Gasteiger charge is -2.13. The van der Waals surface area contributed by atoms with Crippen LogP contribution in [0, 0.1) is 0 Å². The van der Waals surface area contributed by atoms with E-state index in [1.54, 1.807) is 0 Å². The number of aliphatic carboxylic acids is 1. The van der Waals surface area contributed by atoms with Crippen molar-refractivity contribution >= 4 is 5.97 Å². The van der Waals surface area contributed by atoms with E-state index in [1.807, 2.05) is 37.3 Å². The number of carbonyl (C=O) groups is 1. The zero-order chi connectivity index (χ0) is 13.0. The predicted molar refractivity (Wildman–Crippen MR) is 64.0 cm³/mol. The molecule has 0 fully saturated rings. The van der Waals surface area contributed by atoms with Gasteiger partial charge in [-0.25, -0.2) is 4.68 Å². The number of benzene rings is 1. The fourth-order valence-electron chi connectivity index (χ4n) is 1.95. The first kappa shape index (κ1) is 12.2. The molecule has 1 atom stereocenters. The summed E-state index contributed by atoms with van der Waals surface area (Å²) in [7, 11) is 0. The molecule has 1 N–H and O–H groups in total. The van der Waals surface area contributed by atoms with Crippen molar-refractivity contribution in [3.05, 3.63) is 41.7 Å². The molecule has 6 nitrogen and oxygen atoms in total. The van der Waals surface area contributed by atoms with Gasteiger partial charge in [0, 0.05) is 5.92 Å². The number of rotatable bonds is 5. The van der Waals surface area contributed by atoms with E-state index >= 15 is 0 Å². The number of carboxylic acids is 1. The summed E-state index contributed by atoms with van der Waals surface area (Å²) in [6.45, 7) is 1.81. The summed E-state index contributed by atoms with van der Waals surface area (Å²) in [5.41, 5.74) is 1.08. The Labute approximate surface area is 104 Å². The first-order chi connectivity index (χ1) is 8.72. The van der Waals surface area contributed by atoms with Crippen LogP contribution in [0.1, 0.15) is 30.7 Å². The Morgan fingerprint density at radius 1 is 1.39 bits per heavy atom. The molecule has 0 bridgehead atoms. The first-order valence-electron chi connectivity index (χ1n) is 5.75. The SMILES string of the molecule is CCC(c1ccccc1)c1nnnn1CC(=O)O. The molecule has 94 valence electrons. The average Bonchev–Trinajstić information content (AvgIpc) is 2.79. The summed E-state index contributed by atoms with van der Waals surface area (Å²) in [4.78, 5) is 10.7. The van der Waals surface area contributed by atoms with Crippen molar-refractivity contribution in [2.24, 2.45) is 0 Å². The van der Waals surface area contributed by atoms with Crippen LogP contribution in [0.2, 0.25) is 0 Å². The third-order valence-electron chi connectivity index (χ3n) is 2.77. The number of carboxylic acid groups (broad SMARTS) is 1. The van der Waals surface area contributed by atoms with Gasteiger partial charge in [0.15, 0.2) is 5.82 Å². The van der Waals surface area contributed by atoms with Gasteiger partial charge in [-0.1, -0.05) is 37.3 Å². The minimum Gasteiger partial charge on any atom is -0.480 e. The lowest BCUT2D eigenvalue weighted by atomic mass is 9.96. The molecule has 18 heavy (non-hydrogen) atoms. The largest absolute Gasteiger partial charge is 0.480 e. The summed E-state index contributed by atoms with van der Waals surface area (Å²) in [5.74, 6) is -0.349. The highest BCUT2D eigenvalue weighted by molar-refractivity contribution is 5.66. The van der Waals surface area contributed by atoms with Crippen molar-refractivity contribution in [2.75, 3.05) is 0 Å². The summed E-state index contributed by atoms with van der Waals surface area (Å²) in [5, 5.41) is 20.1. The number of hydrogen-bond acceptors (Lipinski definition) is 4. The van der Waals surface area contributed by atoms with Crippen molar-refractivity contribution in [2.45, 2.75) is 25.8 Å². The van der Waals surface area contributed by atoms with Crippen LogP contribution in [0.3, 0.4) is 0 Å². The van der Waals surface area contributed by atoms with E-state index in [1.165, 1.54) is 4.68 Å². The molecular weight excluding hydrogens is 232 g/mol. The minimum absolute atomic E-state index is 0.0144. The summed E-state index contributed by atoms with van der Waals surface area (Å²) in [6, 6.07) is 9.82. The molecule has 1 heterocycles. The van der Waals surface area contributed by atoms with Crippen molar-refractivity contribution in [1.82, 2.24) is 20.2 Å².